The molecular formula is C17H21N3O3S. The molecule has 2 aromatic rings. The Bertz CT molecular complexity index is 700. The van der Waals surface area contributed by atoms with E-state index < -0.39 is 5.97 Å². The Morgan fingerprint density at radius 1 is 1.25 bits per heavy atom. The SMILES string of the molecule is CCOC(=O)c1sc(NNC(=O)[C@H](CC)c2ccccc2)nc1C. The van der Waals surface area contributed by atoms with Crippen molar-refractivity contribution in [1.29, 1.82) is 0 Å². The molecule has 24 heavy (non-hydrogen) atoms. The maximum Gasteiger partial charge on any atom is 0.350 e. The van der Waals surface area contributed by atoms with E-state index in [1.807, 2.05) is 37.3 Å². The maximum atomic E-state index is 12.4. The smallest absolute Gasteiger partial charge is 0.350 e. The van der Waals surface area contributed by atoms with Crippen LogP contribution in [0.3, 0.4) is 0 Å². The zero-order valence-electron chi connectivity index (χ0n) is 14.0. The van der Waals surface area contributed by atoms with Crippen molar-refractivity contribution >= 4 is 28.3 Å². The molecule has 7 heteroatoms. The second kappa shape index (κ2) is 8.44. The number of carbonyl (C=O) groups is 2. The Hall–Kier alpha value is -2.41. The molecule has 0 aliphatic carbocycles. The first kappa shape index (κ1) is 17.9. The lowest BCUT2D eigenvalue weighted by atomic mass is 9.96. The van der Waals surface area contributed by atoms with Gasteiger partial charge in [-0.3, -0.25) is 15.6 Å². The van der Waals surface area contributed by atoms with E-state index >= 15 is 0 Å². The first-order chi connectivity index (χ1) is 11.6. The van der Waals surface area contributed by atoms with E-state index in [1.165, 1.54) is 0 Å². The molecule has 6 nitrogen and oxygen atoms in total. The summed E-state index contributed by atoms with van der Waals surface area (Å²) >= 11 is 1.15. The minimum Gasteiger partial charge on any atom is -0.462 e. The van der Waals surface area contributed by atoms with Crippen molar-refractivity contribution in [3.8, 4) is 0 Å². The van der Waals surface area contributed by atoms with Crippen LogP contribution in [0.25, 0.3) is 0 Å². The van der Waals surface area contributed by atoms with Crippen LogP contribution < -0.4 is 10.9 Å². The molecule has 1 heterocycles. The molecule has 128 valence electrons. The van der Waals surface area contributed by atoms with Gasteiger partial charge in [-0.15, -0.1) is 0 Å². The van der Waals surface area contributed by atoms with Crippen LogP contribution in [-0.4, -0.2) is 23.5 Å². The normalized spacial score (nSPS) is 11.6. The molecule has 1 atom stereocenters. The van der Waals surface area contributed by atoms with Crippen molar-refractivity contribution in [3.05, 3.63) is 46.5 Å². The molecule has 1 aromatic heterocycles. The summed E-state index contributed by atoms with van der Waals surface area (Å²) in [5.41, 5.74) is 6.99. The lowest BCUT2D eigenvalue weighted by Crippen LogP contribution is -2.33. The summed E-state index contributed by atoms with van der Waals surface area (Å²) in [7, 11) is 0. The molecule has 0 spiro atoms. The van der Waals surface area contributed by atoms with Gasteiger partial charge in [0.1, 0.15) is 4.88 Å². The molecule has 0 saturated carbocycles. The van der Waals surface area contributed by atoms with Crippen molar-refractivity contribution in [3.63, 3.8) is 0 Å². The van der Waals surface area contributed by atoms with Gasteiger partial charge in [-0.05, 0) is 25.8 Å². The Balaban J connectivity index is 2.01. The number of ether oxygens (including phenoxy) is 1. The van der Waals surface area contributed by atoms with Crippen LogP contribution in [0.15, 0.2) is 30.3 Å². The molecule has 0 radical (unpaired) electrons. The molecule has 2 N–H and O–H groups in total. The maximum absolute atomic E-state index is 12.4. The van der Waals surface area contributed by atoms with E-state index in [4.69, 9.17) is 4.74 Å². The average Bonchev–Trinajstić information content (AvgIpc) is 2.96. The predicted molar refractivity (Wildman–Crippen MR) is 94.0 cm³/mol. The van der Waals surface area contributed by atoms with Crippen molar-refractivity contribution in [1.82, 2.24) is 10.4 Å². The highest BCUT2D eigenvalue weighted by Gasteiger charge is 2.20. The Morgan fingerprint density at radius 3 is 2.58 bits per heavy atom. The van der Waals surface area contributed by atoms with E-state index in [-0.39, 0.29) is 11.8 Å². The summed E-state index contributed by atoms with van der Waals surface area (Å²) in [6, 6.07) is 9.60. The monoisotopic (exact) mass is 347 g/mol. The summed E-state index contributed by atoms with van der Waals surface area (Å²) in [6.45, 7) is 5.76. The van der Waals surface area contributed by atoms with Crippen molar-refractivity contribution < 1.29 is 14.3 Å². The summed E-state index contributed by atoms with van der Waals surface area (Å²) < 4.78 is 4.98. The Kier molecular flexibility index (Phi) is 6.31. The van der Waals surface area contributed by atoms with Gasteiger partial charge in [0, 0.05) is 0 Å². The molecule has 0 bridgehead atoms. The summed E-state index contributed by atoms with van der Waals surface area (Å²) in [5.74, 6) is -0.791. The third-order valence-corrected chi connectivity index (χ3v) is 4.53. The highest BCUT2D eigenvalue weighted by Crippen LogP contribution is 2.23. The minimum absolute atomic E-state index is 0.144. The molecule has 1 amide bonds. The van der Waals surface area contributed by atoms with E-state index in [1.54, 1.807) is 13.8 Å². The molecule has 0 aliphatic rings. The van der Waals surface area contributed by atoms with Crippen molar-refractivity contribution in [2.24, 2.45) is 0 Å². The summed E-state index contributed by atoms with van der Waals surface area (Å²) in [6.07, 6.45) is 0.683. The first-order valence-electron chi connectivity index (χ1n) is 7.82. The number of anilines is 1. The standard InChI is InChI=1S/C17H21N3O3S/c1-4-13(12-9-7-6-8-10-12)15(21)19-20-17-18-11(3)14(24-17)16(22)23-5-2/h6-10,13H,4-5H2,1-3H3,(H,18,20)(H,19,21)/t13-/m1/s1. The topological polar surface area (TPSA) is 80.3 Å². The zero-order valence-corrected chi connectivity index (χ0v) is 14.8. The number of nitrogens with one attached hydrogen (secondary N) is 2. The Morgan fingerprint density at radius 2 is 1.96 bits per heavy atom. The van der Waals surface area contributed by atoms with Crippen LogP contribution in [0.2, 0.25) is 0 Å². The number of esters is 1. The van der Waals surface area contributed by atoms with Gasteiger partial charge in [0.2, 0.25) is 11.0 Å². The van der Waals surface area contributed by atoms with Gasteiger partial charge in [-0.25, -0.2) is 9.78 Å². The van der Waals surface area contributed by atoms with Gasteiger partial charge in [0.25, 0.3) is 0 Å². The highest BCUT2D eigenvalue weighted by molar-refractivity contribution is 7.17. The third kappa shape index (κ3) is 4.32. The lowest BCUT2D eigenvalue weighted by molar-refractivity contribution is -0.122. The van der Waals surface area contributed by atoms with Gasteiger partial charge < -0.3 is 4.74 Å². The largest absolute Gasteiger partial charge is 0.462 e. The number of thiazole rings is 1. The first-order valence-corrected chi connectivity index (χ1v) is 8.63. The van der Waals surface area contributed by atoms with Crippen LogP contribution in [0.5, 0.6) is 0 Å². The van der Waals surface area contributed by atoms with Crippen molar-refractivity contribution in [2.75, 3.05) is 12.0 Å². The second-order valence-electron chi connectivity index (χ2n) is 5.14. The molecule has 0 unspecified atom stereocenters. The number of hydrogen-bond acceptors (Lipinski definition) is 6. The number of rotatable bonds is 7. The molecule has 0 fully saturated rings. The number of hydrogen-bond donors (Lipinski definition) is 2. The number of benzene rings is 1. The fourth-order valence-electron chi connectivity index (χ4n) is 2.30. The summed E-state index contributed by atoms with van der Waals surface area (Å²) in [5, 5.41) is 0.451. The van der Waals surface area contributed by atoms with Crippen molar-refractivity contribution in [2.45, 2.75) is 33.1 Å². The van der Waals surface area contributed by atoms with E-state index in [9.17, 15) is 9.59 Å². The molecular weight excluding hydrogens is 326 g/mol. The number of hydrazine groups is 1. The second-order valence-corrected chi connectivity index (χ2v) is 6.14. The molecule has 1 aromatic carbocycles. The van der Waals surface area contributed by atoms with Crippen LogP contribution in [0.4, 0.5) is 5.13 Å². The van der Waals surface area contributed by atoms with Gasteiger partial charge in [0.15, 0.2) is 0 Å². The third-order valence-electron chi connectivity index (χ3n) is 3.48. The quantitative estimate of drug-likeness (QED) is 0.593. The van der Waals surface area contributed by atoms with Gasteiger partial charge in [-0.1, -0.05) is 48.6 Å². The number of carbonyl (C=O) groups excluding carboxylic acids is 2. The fourth-order valence-corrected chi connectivity index (χ4v) is 3.11. The van der Waals surface area contributed by atoms with Gasteiger partial charge in [0.05, 0.1) is 18.2 Å². The minimum atomic E-state index is -0.400. The highest BCUT2D eigenvalue weighted by atomic mass is 32.1. The Labute approximate surface area is 145 Å². The predicted octanol–water partition coefficient (Wildman–Crippen LogP) is 3.27. The van der Waals surface area contributed by atoms with Gasteiger partial charge in [-0.2, -0.15) is 0 Å². The number of aromatic nitrogens is 1. The lowest BCUT2D eigenvalue weighted by Gasteiger charge is -2.15. The van der Waals surface area contributed by atoms with Crippen LogP contribution in [0.1, 0.15) is 47.1 Å². The van der Waals surface area contributed by atoms with Crippen LogP contribution in [0, 0.1) is 6.92 Å². The number of amides is 1. The van der Waals surface area contributed by atoms with Crippen LogP contribution in [-0.2, 0) is 9.53 Å². The number of aryl methyl sites for hydroxylation is 1. The van der Waals surface area contributed by atoms with Crippen LogP contribution >= 0.6 is 11.3 Å². The molecule has 0 aliphatic heterocycles. The average molecular weight is 347 g/mol. The number of nitrogens with zero attached hydrogens (tertiary/aromatic N) is 1. The molecule has 2 rings (SSSR count). The van der Waals surface area contributed by atoms with Gasteiger partial charge >= 0.3 is 5.97 Å². The molecule has 0 saturated heterocycles. The summed E-state index contributed by atoms with van der Waals surface area (Å²) in [4.78, 5) is 28.8. The fraction of sp³-hybridized carbons (Fsp3) is 0.353. The zero-order chi connectivity index (χ0) is 17.5. The van der Waals surface area contributed by atoms with E-state index in [0.717, 1.165) is 16.9 Å². The van der Waals surface area contributed by atoms with E-state index in [2.05, 4.69) is 15.8 Å². The van der Waals surface area contributed by atoms with E-state index in [0.29, 0.717) is 28.7 Å².